The molecule has 0 saturated carbocycles. The van der Waals surface area contributed by atoms with Crippen molar-refractivity contribution in [2.45, 2.75) is 12.5 Å². The Labute approximate surface area is 130 Å². The summed E-state index contributed by atoms with van der Waals surface area (Å²) in [5, 5.41) is 8.88. The van der Waals surface area contributed by atoms with E-state index in [2.05, 4.69) is 9.97 Å². The van der Waals surface area contributed by atoms with Gasteiger partial charge < -0.3 is 15.6 Å². The van der Waals surface area contributed by atoms with E-state index >= 15 is 0 Å². The lowest BCUT2D eigenvalue weighted by molar-refractivity contribution is 0.265. The average Bonchev–Trinajstić information content (AvgIpc) is 2.42. The predicted octanol–water partition coefficient (Wildman–Crippen LogP) is 1.97. The molecule has 0 aliphatic carbocycles. The Bertz CT molecular complexity index is 483. The first-order valence-corrected chi connectivity index (χ1v) is 5.67. The summed E-state index contributed by atoms with van der Waals surface area (Å²) in [7, 11) is 0. The minimum atomic E-state index is -0.225. The fourth-order valence-electron chi connectivity index (χ4n) is 1.52. The molecule has 1 atom stereocenters. The van der Waals surface area contributed by atoms with Gasteiger partial charge in [-0.2, -0.15) is 0 Å². The Kier molecular flexibility index (Phi) is 8.83. The lowest BCUT2D eigenvalue weighted by atomic mass is 10.1. The van der Waals surface area contributed by atoms with Crippen LogP contribution in [-0.2, 0) is 6.42 Å². The Morgan fingerprint density at radius 2 is 1.85 bits per heavy atom. The fraction of sp³-hybridized carbons (Fsp3) is 0.231. The van der Waals surface area contributed by atoms with Crippen molar-refractivity contribution in [1.82, 2.24) is 9.97 Å². The van der Waals surface area contributed by atoms with Crippen LogP contribution in [0.1, 0.15) is 5.56 Å². The van der Waals surface area contributed by atoms with E-state index in [4.69, 9.17) is 15.6 Å². The predicted molar refractivity (Wildman–Crippen MR) is 81.8 cm³/mol. The van der Waals surface area contributed by atoms with Crippen LogP contribution in [0.25, 0.3) is 0 Å². The first-order valence-electron chi connectivity index (χ1n) is 5.67. The maximum absolute atomic E-state index is 8.88. The number of benzene rings is 1. The number of hydrogen-bond acceptors (Lipinski definition) is 5. The van der Waals surface area contributed by atoms with Crippen LogP contribution in [0, 0.1) is 0 Å². The molecule has 0 aliphatic heterocycles. The molecule has 1 heterocycles. The summed E-state index contributed by atoms with van der Waals surface area (Å²) in [6, 6.07) is 7.29. The van der Waals surface area contributed by atoms with E-state index in [1.165, 1.54) is 0 Å². The van der Waals surface area contributed by atoms with E-state index in [1.807, 2.05) is 24.3 Å². The maximum Gasteiger partial charge on any atom is 0.237 e. The largest absolute Gasteiger partial charge is 0.438 e. The third kappa shape index (κ3) is 5.71. The molecule has 3 N–H and O–H groups in total. The van der Waals surface area contributed by atoms with Gasteiger partial charge in [0, 0.05) is 18.4 Å². The van der Waals surface area contributed by atoms with Gasteiger partial charge in [0.1, 0.15) is 5.75 Å². The molecule has 0 fully saturated rings. The molecule has 1 aromatic heterocycles. The maximum atomic E-state index is 8.88. The summed E-state index contributed by atoms with van der Waals surface area (Å²) in [6.07, 6.45) is 5.35. The van der Waals surface area contributed by atoms with E-state index < -0.39 is 0 Å². The SMILES string of the molecule is Cl.Cl.NC(CO)Cc1ccc(Oc2cnccn2)cc1. The summed E-state index contributed by atoms with van der Waals surface area (Å²) >= 11 is 0. The van der Waals surface area contributed by atoms with Crippen molar-refractivity contribution in [1.29, 1.82) is 0 Å². The van der Waals surface area contributed by atoms with E-state index in [0.717, 1.165) is 5.56 Å². The van der Waals surface area contributed by atoms with Gasteiger partial charge in [-0.1, -0.05) is 12.1 Å². The van der Waals surface area contributed by atoms with Crippen LogP contribution in [0.2, 0.25) is 0 Å². The van der Waals surface area contributed by atoms with Crippen molar-refractivity contribution in [3.05, 3.63) is 48.4 Å². The summed E-state index contributed by atoms with van der Waals surface area (Å²) in [6.45, 7) is -0.0160. The van der Waals surface area contributed by atoms with Crippen LogP contribution in [0.15, 0.2) is 42.9 Å². The zero-order chi connectivity index (χ0) is 12.8. The monoisotopic (exact) mass is 317 g/mol. The van der Waals surface area contributed by atoms with Crippen molar-refractivity contribution in [3.63, 3.8) is 0 Å². The first kappa shape index (κ1) is 18.6. The number of ether oxygens (including phenoxy) is 1. The lowest BCUT2D eigenvalue weighted by Crippen LogP contribution is -2.26. The molecule has 2 aromatic rings. The van der Waals surface area contributed by atoms with Gasteiger partial charge in [-0.3, -0.25) is 4.98 Å². The van der Waals surface area contributed by atoms with Gasteiger partial charge in [0.2, 0.25) is 5.88 Å². The quantitative estimate of drug-likeness (QED) is 0.881. The minimum Gasteiger partial charge on any atom is -0.438 e. The van der Waals surface area contributed by atoms with Crippen LogP contribution in [0.4, 0.5) is 0 Å². The smallest absolute Gasteiger partial charge is 0.237 e. The van der Waals surface area contributed by atoms with E-state index in [0.29, 0.717) is 18.1 Å². The zero-order valence-electron chi connectivity index (χ0n) is 10.7. The van der Waals surface area contributed by atoms with Crippen LogP contribution in [0.3, 0.4) is 0 Å². The average molecular weight is 318 g/mol. The van der Waals surface area contributed by atoms with Crippen molar-refractivity contribution in [3.8, 4) is 11.6 Å². The zero-order valence-corrected chi connectivity index (χ0v) is 12.3. The molecule has 0 amide bonds. The minimum absolute atomic E-state index is 0. The van der Waals surface area contributed by atoms with Gasteiger partial charge in [-0.25, -0.2) is 4.98 Å². The van der Waals surface area contributed by atoms with Crippen molar-refractivity contribution < 1.29 is 9.84 Å². The second-order valence-corrected chi connectivity index (χ2v) is 3.94. The second-order valence-electron chi connectivity index (χ2n) is 3.94. The number of halogens is 2. The molecular weight excluding hydrogens is 301 g/mol. The van der Waals surface area contributed by atoms with Crippen molar-refractivity contribution in [2.75, 3.05) is 6.61 Å². The van der Waals surface area contributed by atoms with Gasteiger partial charge in [0.15, 0.2) is 0 Å². The fourth-order valence-corrected chi connectivity index (χ4v) is 1.52. The van der Waals surface area contributed by atoms with Crippen LogP contribution in [0.5, 0.6) is 11.6 Å². The van der Waals surface area contributed by atoms with Crippen molar-refractivity contribution in [2.24, 2.45) is 5.73 Å². The topological polar surface area (TPSA) is 81.3 Å². The highest BCUT2D eigenvalue weighted by Gasteiger charge is 2.03. The molecule has 20 heavy (non-hydrogen) atoms. The summed E-state index contributed by atoms with van der Waals surface area (Å²) < 4.78 is 5.51. The highest BCUT2D eigenvalue weighted by molar-refractivity contribution is 5.85. The van der Waals surface area contributed by atoms with Gasteiger partial charge >= 0.3 is 0 Å². The summed E-state index contributed by atoms with van der Waals surface area (Å²) in [5.41, 5.74) is 6.73. The number of rotatable bonds is 5. The standard InChI is InChI=1S/C13H15N3O2.2ClH/c14-11(9-17)7-10-1-3-12(4-2-10)18-13-8-15-5-6-16-13;;/h1-6,8,11,17H,7,9,14H2;2*1H. The normalized spacial score (nSPS) is 10.9. The molecule has 1 aromatic carbocycles. The first-order chi connectivity index (χ1) is 8.78. The van der Waals surface area contributed by atoms with Gasteiger partial charge in [0.05, 0.1) is 12.8 Å². The Balaban J connectivity index is 0.00000180. The van der Waals surface area contributed by atoms with Gasteiger partial charge in [-0.15, -0.1) is 24.8 Å². The number of aliphatic hydroxyl groups is 1. The number of nitrogens with two attached hydrogens (primary N) is 1. The van der Waals surface area contributed by atoms with E-state index in [-0.39, 0.29) is 37.5 Å². The van der Waals surface area contributed by atoms with Crippen LogP contribution in [-0.4, -0.2) is 27.7 Å². The number of nitrogens with zero attached hydrogens (tertiary/aromatic N) is 2. The molecule has 0 radical (unpaired) electrons. The number of aromatic nitrogens is 2. The molecule has 0 aliphatic rings. The molecular formula is C13H17Cl2N3O2. The second kappa shape index (κ2) is 9.50. The third-order valence-electron chi connectivity index (χ3n) is 2.42. The Morgan fingerprint density at radius 3 is 2.40 bits per heavy atom. The molecule has 0 spiro atoms. The van der Waals surface area contributed by atoms with E-state index in [1.54, 1.807) is 18.6 Å². The molecule has 0 saturated heterocycles. The third-order valence-corrected chi connectivity index (χ3v) is 2.42. The number of hydrogen-bond donors (Lipinski definition) is 2. The van der Waals surface area contributed by atoms with Crippen LogP contribution < -0.4 is 10.5 Å². The lowest BCUT2D eigenvalue weighted by Gasteiger charge is -2.09. The summed E-state index contributed by atoms with van der Waals surface area (Å²) in [4.78, 5) is 7.94. The highest BCUT2D eigenvalue weighted by atomic mass is 35.5. The highest BCUT2D eigenvalue weighted by Crippen LogP contribution is 2.18. The Morgan fingerprint density at radius 1 is 1.15 bits per heavy atom. The Hall–Kier alpha value is -1.40. The van der Waals surface area contributed by atoms with Crippen molar-refractivity contribution >= 4 is 24.8 Å². The summed E-state index contributed by atoms with van der Waals surface area (Å²) in [5.74, 6) is 1.15. The molecule has 7 heteroatoms. The van der Waals surface area contributed by atoms with Gasteiger partial charge in [0.25, 0.3) is 0 Å². The molecule has 0 bridgehead atoms. The molecule has 1 unspecified atom stereocenters. The van der Waals surface area contributed by atoms with Crippen LogP contribution >= 0.6 is 24.8 Å². The molecule has 5 nitrogen and oxygen atoms in total. The molecule has 2 rings (SSSR count). The van der Waals surface area contributed by atoms with Gasteiger partial charge in [-0.05, 0) is 24.1 Å². The molecule has 110 valence electrons. The van der Waals surface area contributed by atoms with E-state index in [9.17, 15) is 0 Å². The number of aliphatic hydroxyl groups excluding tert-OH is 1.